The molecule has 118 valence electrons. The average molecular weight is 306 g/mol. The highest BCUT2D eigenvalue weighted by Crippen LogP contribution is 2.28. The summed E-state index contributed by atoms with van der Waals surface area (Å²) in [6.07, 6.45) is 3.78. The molecule has 0 aliphatic carbocycles. The van der Waals surface area contributed by atoms with Gasteiger partial charge >= 0.3 is 0 Å². The van der Waals surface area contributed by atoms with Gasteiger partial charge in [0.1, 0.15) is 0 Å². The third kappa shape index (κ3) is 5.03. The zero-order valence-electron chi connectivity index (χ0n) is 14.1. The van der Waals surface area contributed by atoms with Gasteiger partial charge in [0.05, 0.1) is 0 Å². The van der Waals surface area contributed by atoms with Crippen LogP contribution in [0.3, 0.4) is 0 Å². The summed E-state index contributed by atoms with van der Waals surface area (Å²) >= 11 is 2.12. The first-order valence-electron chi connectivity index (χ1n) is 8.41. The van der Waals surface area contributed by atoms with E-state index >= 15 is 0 Å². The van der Waals surface area contributed by atoms with Crippen LogP contribution in [0.1, 0.15) is 51.7 Å². The molecule has 2 heteroatoms. The summed E-state index contributed by atoms with van der Waals surface area (Å²) < 4.78 is 0. The average Bonchev–Trinajstić information content (AvgIpc) is 2.97. The second-order valence-electron chi connectivity index (χ2n) is 7.34. The number of thioether (sulfide) groups is 1. The first-order valence-corrected chi connectivity index (χ1v) is 9.56. The molecule has 1 aromatic rings. The molecule has 0 radical (unpaired) electrons. The molecule has 0 saturated carbocycles. The summed E-state index contributed by atoms with van der Waals surface area (Å²) in [5.41, 5.74) is 3.16. The van der Waals surface area contributed by atoms with E-state index in [0.717, 1.165) is 12.5 Å². The Morgan fingerprint density at radius 3 is 2.48 bits per heavy atom. The lowest BCUT2D eigenvalue weighted by atomic mass is 9.85. The zero-order chi connectivity index (χ0) is 15.3. The smallest absolute Gasteiger partial charge is 0.0144 e. The molecule has 1 aliphatic heterocycles. The highest BCUT2D eigenvalue weighted by Gasteiger charge is 2.25. The Morgan fingerprint density at radius 2 is 1.95 bits per heavy atom. The van der Waals surface area contributed by atoms with E-state index in [4.69, 9.17) is 0 Å². The first-order chi connectivity index (χ1) is 10.0. The van der Waals surface area contributed by atoms with Crippen LogP contribution >= 0.6 is 11.8 Å². The fraction of sp³-hybridized carbons (Fsp3) is 0.684. The maximum atomic E-state index is 3.79. The van der Waals surface area contributed by atoms with Gasteiger partial charge in [0.25, 0.3) is 0 Å². The van der Waals surface area contributed by atoms with Crippen molar-refractivity contribution in [1.82, 2.24) is 5.32 Å². The van der Waals surface area contributed by atoms with E-state index in [9.17, 15) is 0 Å². The molecule has 0 bridgehead atoms. The standard InChI is InChI=1S/C19H31NS/c1-5-11-20-18(16-10-12-21-14-16)13-15-6-8-17(9-7-15)19(2,3)4/h6-9,16,18,20H,5,10-14H2,1-4H3. The molecule has 0 spiro atoms. The van der Waals surface area contributed by atoms with E-state index in [1.165, 1.54) is 41.9 Å². The van der Waals surface area contributed by atoms with Gasteiger partial charge in [-0.3, -0.25) is 0 Å². The predicted octanol–water partition coefficient (Wildman–Crippen LogP) is 4.65. The number of rotatable bonds is 6. The van der Waals surface area contributed by atoms with Gasteiger partial charge in [-0.25, -0.2) is 0 Å². The number of hydrogen-bond acceptors (Lipinski definition) is 2. The van der Waals surface area contributed by atoms with Crippen molar-refractivity contribution in [2.24, 2.45) is 5.92 Å². The monoisotopic (exact) mass is 305 g/mol. The summed E-state index contributed by atoms with van der Waals surface area (Å²) in [7, 11) is 0. The molecular formula is C19H31NS. The third-order valence-corrected chi connectivity index (χ3v) is 5.65. The van der Waals surface area contributed by atoms with Crippen LogP contribution in [-0.4, -0.2) is 24.1 Å². The Kier molecular flexibility index (Phi) is 6.19. The third-order valence-electron chi connectivity index (χ3n) is 4.47. The van der Waals surface area contributed by atoms with Gasteiger partial charge in [-0.1, -0.05) is 52.0 Å². The van der Waals surface area contributed by atoms with Gasteiger partial charge in [0.15, 0.2) is 0 Å². The molecule has 0 aromatic heterocycles. The van der Waals surface area contributed by atoms with Crippen LogP contribution in [0.4, 0.5) is 0 Å². The molecule has 2 atom stereocenters. The van der Waals surface area contributed by atoms with Gasteiger partial charge in [0.2, 0.25) is 0 Å². The van der Waals surface area contributed by atoms with Crippen molar-refractivity contribution in [3.8, 4) is 0 Å². The summed E-state index contributed by atoms with van der Waals surface area (Å²) in [5, 5.41) is 3.79. The molecule has 1 saturated heterocycles. The van der Waals surface area contributed by atoms with Crippen LogP contribution in [0.5, 0.6) is 0 Å². The van der Waals surface area contributed by atoms with Gasteiger partial charge in [-0.05, 0) is 59.8 Å². The SMILES string of the molecule is CCCNC(Cc1ccc(C(C)(C)C)cc1)C1CCSC1. The lowest BCUT2D eigenvalue weighted by molar-refractivity contribution is 0.380. The Balaban J connectivity index is 2.01. The quantitative estimate of drug-likeness (QED) is 0.821. The lowest BCUT2D eigenvalue weighted by Crippen LogP contribution is -2.38. The Bertz CT molecular complexity index is 412. The molecule has 1 N–H and O–H groups in total. The van der Waals surface area contributed by atoms with Crippen LogP contribution < -0.4 is 5.32 Å². The summed E-state index contributed by atoms with van der Waals surface area (Å²) in [5.74, 6) is 3.53. The number of nitrogens with one attached hydrogen (secondary N) is 1. The van der Waals surface area contributed by atoms with E-state index < -0.39 is 0 Å². The number of hydrogen-bond donors (Lipinski definition) is 1. The van der Waals surface area contributed by atoms with Crippen molar-refractivity contribution < 1.29 is 0 Å². The molecule has 21 heavy (non-hydrogen) atoms. The van der Waals surface area contributed by atoms with E-state index in [-0.39, 0.29) is 5.41 Å². The topological polar surface area (TPSA) is 12.0 Å². The minimum atomic E-state index is 0.250. The van der Waals surface area contributed by atoms with Crippen molar-refractivity contribution in [3.63, 3.8) is 0 Å². The molecule has 1 aromatic carbocycles. The molecule has 0 amide bonds. The maximum absolute atomic E-state index is 3.79. The van der Waals surface area contributed by atoms with Gasteiger partial charge in [-0.15, -0.1) is 0 Å². The molecule has 2 unspecified atom stereocenters. The van der Waals surface area contributed by atoms with Gasteiger partial charge < -0.3 is 5.32 Å². The Hall–Kier alpha value is -0.470. The van der Waals surface area contributed by atoms with E-state index in [2.05, 4.69) is 69.0 Å². The van der Waals surface area contributed by atoms with Crippen molar-refractivity contribution in [3.05, 3.63) is 35.4 Å². The minimum Gasteiger partial charge on any atom is -0.313 e. The van der Waals surface area contributed by atoms with Crippen LogP contribution in [0.25, 0.3) is 0 Å². The minimum absolute atomic E-state index is 0.250. The Morgan fingerprint density at radius 1 is 1.24 bits per heavy atom. The molecular weight excluding hydrogens is 274 g/mol. The molecule has 2 rings (SSSR count). The highest BCUT2D eigenvalue weighted by atomic mass is 32.2. The fourth-order valence-electron chi connectivity index (χ4n) is 3.00. The molecule has 1 aliphatic rings. The van der Waals surface area contributed by atoms with E-state index in [1.807, 2.05) is 0 Å². The van der Waals surface area contributed by atoms with Crippen LogP contribution in [-0.2, 0) is 11.8 Å². The normalized spacial score (nSPS) is 20.7. The Labute approximate surface area is 135 Å². The number of benzene rings is 1. The second kappa shape index (κ2) is 7.69. The summed E-state index contributed by atoms with van der Waals surface area (Å²) in [4.78, 5) is 0. The predicted molar refractivity (Wildman–Crippen MR) is 96.4 cm³/mol. The fourth-order valence-corrected chi connectivity index (χ4v) is 4.34. The molecule has 1 fully saturated rings. The molecule has 1 nitrogen and oxygen atoms in total. The molecule has 1 heterocycles. The summed E-state index contributed by atoms with van der Waals surface area (Å²) in [6.45, 7) is 10.2. The largest absolute Gasteiger partial charge is 0.313 e. The summed E-state index contributed by atoms with van der Waals surface area (Å²) in [6, 6.07) is 9.96. The van der Waals surface area contributed by atoms with E-state index in [1.54, 1.807) is 0 Å². The zero-order valence-corrected chi connectivity index (χ0v) is 14.9. The lowest BCUT2D eigenvalue weighted by Gasteiger charge is -2.25. The maximum Gasteiger partial charge on any atom is 0.0144 e. The van der Waals surface area contributed by atoms with E-state index in [0.29, 0.717) is 6.04 Å². The van der Waals surface area contributed by atoms with Crippen LogP contribution in [0.2, 0.25) is 0 Å². The van der Waals surface area contributed by atoms with Gasteiger partial charge in [0, 0.05) is 6.04 Å². The van der Waals surface area contributed by atoms with Crippen molar-refractivity contribution in [2.45, 2.75) is 58.4 Å². The van der Waals surface area contributed by atoms with Crippen molar-refractivity contribution in [1.29, 1.82) is 0 Å². The van der Waals surface area contributed by atoms with Gasteiger partial charge in [-0.2, -0.15) is 11.8 Å². The highest BCUT2D eigenvalue weighted by molar-refractivity contribution is 7.99. The van der Waals surface area contributed by atoms with Crippen molar-refractivity contribution in [2.75, 3.05) is 18.1 Å². The first kappa shape index (κ1) is 16.9. The van der Waals surface area contributed by atoms with Crippen LogP contribution in [0, 0.1) is 5.92 Å². The van der Waals surface area contributed by atoms with Crippen molar-refractivity contribution >= 4 is 11.8 Å². The second-order valence-corrected chi connectivity index (χ2v) is 8.49. The van der Waals surface area contributed by atoms with Crippen LogP contribution in [0.15, 0.2) is 24.3 Å².